The summed E-state index contributed by atoms with van der Waals surface area (Å²) in [6.45, 7) is 1.87. The van der Waals surface area contributed by atoms with Gasteiger partial charge in [0.1, 0.15) is 24.3 Å². The van der Waals surface area contributed by atoms with E-state index in [2.05, 4.69) is 20.7 Å². The molecule has 0 bridgehead atoms. The van der Waals surface area contributed by atoms with E-state index in [4.69, 9.17) is 0 Å². The molecule has 0 radical (unpaired) electrons. The van der Waals surface area contributed by atoms with Gasteiger partial charge in [0.25, 0.3) is 0 Å². The Kier molecular flexibility index (Phi) is 5.56. The average Bonchev–Trinajstić information content (AvgIpc) is 3.13. The highest BCUT2D eigenvalue weighted by Gasteiger charge is 2.04. The van der Waals surface area contributed by atoms with Gasteiger partial charge in [-0.3, -0.25) is 4.68 Å². The zero-order valence-electron chi connectivity index (χ0n) is 13.6. The summed E-state index contributed by atoms with van der Waals surface area (Å²) in [6.07, 6.45) is 3.96. The second-order valence-corrected chi connectivity index (χ2v) is 5.61. The van der Waals surface area contributed by atoms with Gasteiger partial charge >= 0.3 is 0 Å². The van der Waals surface area contributed by atoms with Crippen LogP contribution in [-0.2, 0) is 13.1 Å². The molecule has 2 aromatic carbocycles. The number of benzene rings is 2. The van der Waals surface area contributed by atoms with Crippen molar-refractivity contribution in [2.75, 3.05) is 17.2 Å². The zero-order valence-corrected chi connectivity index (χ0v) is 13.6. The molecular formula is C18H19F2N5. The molecule has 0 atom stereocenters. The van der Waals surface area contributed by atoms with E-state index < -0.39 is 0 Å². The molecule has 3 rings (SSSR count). The average molecular weight is 343 g/mol. The van der Waals surface area contributed by atoms with Crippen LogP contribution in [0.3, 0.4) is 0 Å². The Balaban J connectivity index is 1.47. The third-order valence-corrected chi connectivity index (χ3v) is 3.72. The van der Waals surface area contributed by atoms with Gasteiger partial charge in [-0.05, 0) is 42.3 Å². The van der Waals surface area contributed by atoms with Crippen molar-refractivity contribution in [1.29, 1.82) is 0 Å². The van der Waals surface area contributed by atoms with Crippen molar-refractivity contribution in [3.8, 4) is 0 Å². The van der Waals surface area contributed by atoms with Crippen LogP contribution in [0, 0.1) is 11.6 Å². The topological polar surface area (TPSA) is 54.8 Å². The van der Waals surface area contributed by atoms with E-state index in [1.807, 2.05) is 6.07 Å². The molecule has 130 valence electrons. The number of aromatic nitrogens is 3. The van der Waals surface area contributed by atoms with E-state index in [0.29, 0.717) is 24.5 Å². The summed E-state index contributed by atoms with van der Waals surface area (Å²) in [5.41, 5.74) is 2.07. The second-order valence-electron chi connectivity index (χ2n) is 5.61. The van der Waals surface area contributed by atoms with Gasteiger partial charge in [0, 0.05) is 25.3 Å². The first-order valence-electron chi connectivity index (χ1n) is 8.05. The van der Waals surface area contributed by atoms with Crippen molar-refractivity contribution in [3.05, 3.63) is 72.3 Å². The van der Waals surface area contributed by atoms with Crippen LogP contribution in [0.4, 0.5) is 20.2 Å². The maximum atomic E-state index is 14.1. The minimum Gasteiger partial charge on any atom is -0.383 e. The molecule has 7 heteroatoms. The smallest absolute Gasteiger partial charge is 0.148 e. The fourth-order valence-electron chi connectivity index (χ4n) is 2.39. The predicted molar refractivity (Wildman–Crippen MR) is 93.3 cm³/mol. The number of hydrogen-bond acceptors (Lipinski definition) is 4. The Labute approximate surface area is 144 Å². The van der Waals surface area contributed by atoms with E-state index in [1.54, 1.807) is 29.2 Å². The molecule has 2 N–H and O–H groups in total. The van der Waals surface area contributed by atoms with Crippen LogP contribution in [0.25, 0.3) is 0 Å². The Hall–Kier alpha value is -2.96. The normalized spacial score (nSPS) is 10.6. The molecule has 0 spiro atoms. The molecule has 0 saturated carbocycles. The van der Waals surface area contributed by atoms with Gasteiger partial charge in [-0.25, -0.2) is 13.8 Å². The van der Waals surface area contributed by atoms with Gasteiger partial charge in [-0.2, -0.15) is 5.10 Å². The van der Waals surface area contributed by atoms with Crippen LogP contribution in [0.15, 0.2) is 55.1 Å². The van der Waals surface area contributed by atoms with Crippen molar-refractivity contribution in [1.82, 2.24) is 14.8 Å². The van der Waals surface area contributed by atoms with Gasteiger partial charge in [-0.1, -0.05) is 12.1 Å². The van der Waals surface area contributed by atoms with Crippen LogP contribution < -0.4 is 10.6 Å². The Morgan fingerprint density at radius 1 is 1.00 bits per heavy atom. The number of nitrogens with zero attached hydrogens (tertiary/aromatic N) is 3. The number of aryl methyl sites for hydroxylation is 1. The monoisotopic (exact) mass is 343 g/mol. The first-order valence-corrected chi connectivity index (χ1v) is 8.05. The summed E-state index contributed by atoms with van der Waals surface area (Å²) < 4.78 is 28.8. The summed E-state index contributed by atoms with van der Waals surface area (Å²) in [4.78, 5) is 3.87. The van der Waals surface area contributed by atoms with Gasteiger partial charge in [0.2, 0.25) is 0 Å². The third-order valence-electron chi connectivity index (χ3n) is 3.72. The fraction of sp³-hybridized carbons (Fsp3) is 0.222. The first-order chi connectivity index (χ1) is 12.2. The summed E-state index contributed by atoms with van der Waals surface area (Å²) in [5, 5.41) is 10.2. The molecular weight excluding hydrogens is 324 g/mol. The van der Waals surface area contributed by atoms with Gasteiger partial charge < -0.3 is 10.6 Å². The van der Waals surface area contributed by atoms with Crippen LogP contribution in [0.2, 0.25) is 0 Å². The predicted octanol–water partition coefficient (Wildman–Crippen LogP) is 3.67. The molecule has 5 nitrogen and oxygen atoms in total. The first kappa shape index (κ1) is 16.9. The largest absolute Gasteiger partial charge is 0.383 e. The quantitative estimate of drug-likeness (QED) is 0.613. The molecule has 1 heterocycles. The molecule has 0 saturated heterocycles. The van der Waals surface area contributed by atoms with Crippen molar-refractivity contribution in [2.45, 2.75) is 19.5 Å². The number of halogens is 2. The van der Waals surface area contributed by atoms with E-state index in [0.717, 1.165) is 18.5 Å². The highest BCUT2D eigenvalue weighted by molar-refractivity contribution is 5.55. The molecule has 3 aromatic rings. The van der Waals surface area contributed by atoms with E-state index in [-0.39, 0.29) is 11.6 Å². The van der Waals surface area contributed by atoms with Crippen molar-refractivity contribution < 1.29 is 8.78 Å². The van der Waals surface area contributed by atoms with Gasteiger partial charge in [0.05, 0.1) is 5.69 Å². The maximum Gasteiger partial charge on any atom is 0.148 e. The lowest BCUT2D eigenvalue weighted by Gasteiger charge is -2.11. The van der Waals surface area contributed by atoms with Crippen LogP contribution in [0.5, 0.6) is 0 Å². The van der Waals surface area contributed by atoms with Crippen molar-refractivity contribution >= 4 is 11.4 Å². The molecule has 0 aliphatic heterocycles. The molecule has 0 aliphatic carbocycles. The highest BCUT2D eigenvalue weighted by atomic mass is 19.1. The number of nitrogens with one attached hydrogen (secondary N) is 2. The summed E-state index contributed by atoms with van der Waals surface area (Å²) in [6, 6.07) is 11.2. The van der Waals surface area contributed by atoms with Crippen molar-refractivity contribution in [2.24, 2.45) is 0 Å². The van der Waals surface area contributed by atoms with Crippen LogP contribution in [0.1, 0.15) is 12.0 Å². The number of anilines is 2. The molecule has 0 fully saturated rings. The van der Waals surface area contributed by atoms with E-state index in [1.165, 1.54) is 24.5 Å². The zero-order chi connectivity index (χ0) is 17.5. The Morgan fingerprint density at radius 3 is 2.56 bits per heavy atom. The lowest BCUT2D eigenvalue weighted by Crippen LogP contribution is -2.08. The van der Waals surface area contributed by atoms with Gasteiger partial charge in [-0.15, -0.1) is 0 Å². The molecule has 1 aromatic heterocycles. The van der Waals surface area contributed by atoms with E-state index >= 15 is 0 Å². The molecule has 0 unspecified atom stereocenters. The summed E-state index contributed by atoms with van der Waals surface area (Å²) >= 11 is 0. The minimum absolute atomic E-state index is 0.269. The fourth-order valence-corrected chi connectivity index (χ4v) is 2.39. The Bertz CT molecular complexity index is 788. The lowest BCUT2D eigenvalue weighted by molar-refractivity contribution is 0.587. The van der Waals surface area contributed by atoms with E-state index in [9.17, 15) is 8.78 Å². The highest BCUT2D eigenvalue weighted by Crippen LogP contribution is 2.19. The summed E-state index contributed by atoms with van der Waals surface area (Å²) in [7, 11) is 0. The van der Waals surface area contributed by atoms with Gasteiger partial charge in [0.15, 0.2) is 0 Å². The Morgan fingerprint density at radius 2 is 1.84 bits per heavy atom. The lowest BCUT2D eigenvalue weighted by atomic mass is 10.2. The SMILES string of the molecule is Fc1ccc(CNc2ccc(NCCCn3cncn3)c(F)c2)cc1. The standard InChI is InChI=1S/C18H19F2N5/c19-15-4-2-14(3-5-15)11-23-16-6-7-18(17(20)10-16)22-8-1-9-25-13-21-12-24-25/h2-7,10,12-13,22-23H,1,8-9,11H2. The molecule has 25 heavy (non-hydrogen) atoms. The third kappa shape index (κ3) is 5.00. The minimum atomic E-state index is -0.315. The molecule has 0 aliphatic rings. The molecule has 0 amide bonds. The van der Waals surface area contributed by atoms with Crippen LogP contribution in [-0.4, -0.2) is 21.3 Å². The maximum absolute atomic E-state index is 14.1. The second kappa shape index (κ2) is 8.23. The van der Waals surface area contributed by atoms with Crippen LogP contribution >= 0.6 is 0 Å². The number of hydrogen-bond donors (Lipinski definition) is 2. The summed E-state index contributed by atoms with van der Waals surface area (Å²) in [5.74, 6) is -0.584. The van der Waals surface area contributed by atoms with Crippen molar-refractivity contribution in [3.63, 3.8) is 0 Å². The number of rotatable bonds is 8.